The Morgan fingerprint density at radius 3 is 2.64 bits per heavy atom. The van der Waals surface area contributed by atoms with Crippen LogP contribution in [-0.4, -0.2) is 16.1 Å². The maximum atomic E-state index is 12.6. The van der Waals surface area contributed by atoms with Gasteiger partial charge in [0.05, 0.1) is 6.10 Å². The first-order valence-electron chi connectivity index (χ1n) is 9.48. The number of H-pyrrole nitrogens is 1. The molecule has 0 amide bonds. The number of aromatic nitrogens is 1. The maximum Gasteiger partial charge on any atom is 0.355 e. The van der Waals surface area contributed by atoms with Crippen LogP contribution in [0.15, 0.2) is 27.4 Å². The molecule has 0 radical (unpaired) electrons. The summed E-state index contributed by atoms with van der Waals surface area (Å²) in [6.45, 7) is 5.22. The molecule has 1 aromatic carbocycles. The van der Waals surface area contributed by atoms with Crippen molar-refractivity contribution in [2.45, 2.75) is 52.7 Å². The van der Waals surface area contributed by atoms with Crippen molar-refractivity contribution in [3.63, 3.8) is 0 Å². The fraction of sp³-hybridized carbons (Fsp3) is 0.364. The van der Waals surface area contributed by atoms with E-state index in [1.165, 1.54) is 17.2 Å². The molecule has 0 aliphatic heterocycles. The summed E-state index contributed by atoms with van der Waals surface area (Å²) in [6.07, 6.45) is 2.41. The van der Waals surface area contributed by atoms with Crippen LogP contribution in [0.1, 0.15) is 63.4 Å². The Morgan fingerprint density at radius 1 is 1.25 bits per heavy atom. The van der Waals surface area contributed by atoms with Crippen molar-refractivity contribution >= 4 is 16.9 Å². The van der Waals surface area contributed by atoms with Crippen LogP contribution in [0.5, 0.6) is 0 Å². The predicted octanol–water partition coefficient (Wildman–Crippen LogP) is 3.64. The number of aliphatic hydroxyl groups is 1. The van der Waals surface area contributed by atoms with Crippen molar-refractivity contribution in [2.75, 3.05) is 0 Å². The molecule has 146 valence electrons. The van der Waals surface area contributed by atoms with E-state index in [4.69, 9.17) is 9.15 Å². The standard InChI is InChI=1S/C22H23NO5/c1-11-20(13(3)24)12(2)23-21(11)22(26)27-10-16-9-19(25)28-18-8-15-6-4-5-14(15)7-17(16)18/h7-9,13,23-24H,4-6,10H2,1-3H3/t13-/m1/s1. The summed E-state index contributed by atoms with van der Waals surface area (Å²) in [5, 5.41) is 10.7. The second-order valence-corrected chi connectivity index (χ2v) is 7.48. The van der Waals surface area contributed by atoms with E-state index < -0.39 is 17.7 Å². The van der Waals surface area contributed by atoms with E-state index in [0.29, 0.717) is 28.0 Å². The minimum atomic E-state index is -0.678. The second-order valence-electron chi connectivity index (χ2n) is 7.48. The van der Waals surface area contributed by atoms with Crippen molar-refractivity contribution in [1.29, 1.82) is 0 Å². The van der Waals surface area contributed by atoms with Gasteiger partial charge in [-0.15, -0.1) is 0 Å². The highest BCUT2D eigenvalue weighted by Gasteiger charge is 2.22. The Balaban J connectivity index is 1.63. The lowest BCUT2D eigenvalue weighted by Gasteiger charge is -2.09. The fourth-order valence-electron chi connectivity index (χ4n) is 4.22. The lowest BCUT2D eigenvalue weighted by molar-refractivity contribution is 0.0466. The number of benzene rings is 1. The lowest BCUT2D eigenvalue weighted by Crippen LogP contribution is -2.10. The highest BCUT2D eigenvalue weighted by Crippen LogP contribution is 2.29. The normalized spacial score (nSPS) is 14.3. The van der Waals surface area contributed by atoms with Crippen LogP contribution in [0.2, 0.25) is 0 Å². The number of nitrogens with one attached hydrogen (secondary N) is 1. The molecule has 4 rings (SSSR count). The highest BCUT2D eigenvalue weighted by molar-refractivity contribution is 5.90. The molecular formula is C22H23NO5. The third-order valence-electron chi connectivity index (χ3n) is 5.52. The molecule has 2 aromatic heterocycles. The van der Waals surface area contributed by atoms with Crippen molar-refractivity contribution in [3.05, 3.63) is 67.8 Å². The summed E-state index contributed by atoms with van der Waals surface area (Å²) in [5.74, 6) is -0.518. The van der Waals surface area contributed by atoms with E-state index in [1.807, 2.05) is 19.1 Å². The summed E-state index contributed by atoms with van der Waals surface area (Å²) in [7, 11) is 0. The lowest BCUT2D eigenvalue weighted by atomic mass is 10.0. The number of esters is 1. The van der Waals surface area contributed by atoms with E-state index in [0.717, 1.165) is 30.3 Å². The van der Waals surface area contributed by atoms with Gasteiger partial charge in [0.15, 0.2) is 0 Å². The Bertz CT molecular complexity index is 1140. The van der Waals surface area contributed by atoms with E-state index in [-0.39, 0.29) is 6.61 Å². The van der Waals surface area contributed by atoms with E-state index in [1.54, 1.807) is 13.8 Å². The topological polar surface area (TPSA) is 92.5 Å². The minimum absolute atomic E-state index is 0.0265. The SMILES string of the molecule is Cc1[nH]c(C(=O)OCc2cc(=O)oc3cc4c(cc23)CCC4)c(C)c1[C@@H](C)O. The van der Waals surface area contributed by atoms with Gasteiger partial charge in [-0.1, -0.05) is 0 Å². The van der Waals surface area contributed by atoms with Crippen molar-refractivity contribution in [3.8, 4) is 0 Å². The number of aromatic amines is 1. The van der Waals surface area contributed by atoms with Gasteiger partial charge in [0, 0.05) is 28.3 Å². The van der Waals surface area contributed by atoms with E-state index >= 15 is 0 Å². The summed E-state index contributed by atoms with van der Waals surface area (Å²) >= 11 is 0. The number of carbonyl (C=O) groups excluding carboxylic acids is 1. The van der Waals surface area contributed by atoms with Gasteiger partial charge in [-0.25, -0.2) is 9.59 Å². The number of rotatable bonds is 4. The smallest absolute Gasteiger partial charge is 0.355 e. The third-order valence-corrected chi connectivity index (χ3v) is 5.52. The molecular weight excluding hydrogens is 358 g/mol. The zero-order valence-electron chi connectivity index (χ0n) is 16.2. The molecule has 6 heteroatoms. The average molecular weight is 381 g/mol. The van der Waals surface area contributed by atoms with Gasteiger partial charge >= 0.3 is 11.6 Å². The molecule has 0 fully saturated rings. The van der Waals surface area contributed by atoms with Gasteiger partial charge in [0.2, 0.25) is 0 Å². The number of aryl methyl sites for hydroxylation is 3. The zero-order chi connectivity index (χ0) is 20.0. The molecule has 1 atom stereocenters. The third kappa shape index (κ3) is 3.14. The summed E-state index contributed by atoms with van der Waals surface area (Å²) < 4.78 is 10.8. The molecule has 28 heavy (non-hydrogen) atoms. The minimum Gasteiger partial charge on any atom is -0.456 e. The van der Waals surface area contributed by atoms with Crippen LogP contribution < -0.4 is 5.63 Å². The van der Waals surface area contributed by atoms with Crippen LogP contribution in [0.25, 0.3) is 11.0 Å². The first kappa shape index (κ1) is 18.5. The Labute approximate surface area is 162 Å². The van der Waals surface area contributed by atoms with Gasteiger partial charge in [-0.3, -0.25) is 0 Å². The molecule has 2 heterocycles. The monoisotopic (exact) mass is 381 g/mol. The highest BCUT2D eigenvalue weighted by atomic mass is 16.5. The van der Waals surface area contributed by atoms with Crippen molar-refractivity contribution < 1.29 is 19.1 Å². The molecule has 3 aromatic rings. The van der Waals surface area contributed by atoms with Crippen LogP contribution in [0.4, 0.5) is 0 Å². The molecule has 0 spiro atoms. The summed E-state index contributed by atoms with van der Waals surface area (Å²) in [6, 6.07) is 5.35. The first-order valence-corrected chi connectivity index (χ1v) is 9.48. The number of aliphatic hydroxyl groups excluding tert-OH is 1. The van der Waals surface area contributed by atoms with Gasteiger partial charge in [0.25, 0.3) is 0 Å². The number of carbonyl (C=O) groups is 1. The number of hydrogen-bond acceptors (Lipinski definition) is 5. The first-order chi connectivity index (χ1) is 13.3. The van der Waals surface area contributed by atoms with E-state index in [9.17, 15) is 14.7 Å². The Hall–Kier alpha value is -2.86. The van der Waals surface area contributed by atoms with Crippen LogP contribution in [0, 0.1) is 13.8 Å². The molecule has 6 nitrogen and oxygen atoms in total. The average Bonchev–Trinajstić information content (AvgIpc) is 3.20. The molecule has 1 aliphatic carbocycles. The molecule has 0 saturated carbocycles. The van der Waals surface area contributed by atoms with Crippen molar-refractivity contribution in [1.82, 2.24) is 4.98 Å². The Kier molecular flexibility index (Phi) is 4.59. The van der Waals surface area contributed by atoms with Gasteiger partial charge in [-0.05, 0) is 68.9 Å². The molecule has 2 N–H and O–H groups in total. The van der Waals surface area contributed by atoms with Gasteiger partial charge in [0.1, 0.15) is 17.9 Å². The molecule has 0 unspecified atom stereocenters. The molecule has 0 bridgehead atoms. The second kappa shape index (κ2) is 6.95. The number of ether oxygens (including phenoxy) is 1. The zero-order valence-corrected chi connectivity index (χ0v) is 16.2. The Morgan fingerprint density at radius 2 is 1.96 bits per heavy atom. The largest absolute Gasteiger partial charge is 0.456 e. The van der Waals surface area contributed by atoms with E-state index in [2.05, 4.69) is 4.98 Å². The summed E-state index contributed by atoms with van der Waals surface area (Å²) in [4.78, 5) is 27.6. The maximum absolute atomic E-state index is 12.6. The van der Waals surface area contributed by atoms with Crippen molar-refractivity contribution in [2.24, 2.45) is 0 Å². The fourth-order valence-corrected chi connectivity index (χ4v) is 4.22. The van der Waals surface area contributed by atoms with Crippen LogP contribution >= 0.6 is 0 Å². The van der Waals surface area contributed by atoms with Crippen LogP contribution in [0.3, 0.4) is 0 Å². The van der Waals surface area contributed by atoms with Crippen LogP contribution in [-0.2, 0) is 24.2 Å². The molecule has 0 saturated heterocycles. The molecule has 1 aliphatic rings. The van der Waals surface area contributed by atoms with Gasteiger partial charge < -0.3 is 19.2 Å². The number of fused-ring (bicyclic) bond motifs is 2. The number of hydrogen-bond donors (Lipinski definition) is 2. The summed E-state index contributed by atoms with van der Waals surface area (Å²) in [5.41, 5.74) is 5.61. The van der Waals surface area contributed by atoms with Gasteiger partial charge in [-0.2, -0.15) is 0 Å². The quantitative estimate of drug-likeness (QED) is 0.532. The predicted molar refractivity (Wildman–Crippen MR) is 105 cm³/mol.